The van der Waals surface area contributed by atoms with Crippen molar-refractivity contribution in [3.05, 3.63) is 29.8 Å². The average Bonchev–Trinajstić information content (AvgIpc) is 2.90. The van der Waals surface area contributed by atoms with Crippen LogP contribution in [0.25, 0.3) is 0 Å². The first kappa shape index (κ1) is 16.2. The van der Waals surface area contributed by atoms with Crippen molar-refractivity contribution < 1.29 is 13.5 Å². The maximum absolute atomic E-state index is 12.4. The lowest BCUT2D eigenvalue weighted by molar-refractivity contribution is -0.0505. The molecule has 1 aromatic carbocycles. The first-order valence-electron chi connectivity index (χ1n) is 7.44. The van der Waals surface area contributed by atoms with Crippen LogP contribution in [0.1, 0.15) is 31.2 Å². The predicted molar refractivity (Wildman–Crippen MR) is 79.7 cm³/mol. The van der Waals surface area contributed by atoms with Crippen LogP contribution in [0.4, 0.5) is 8.78 Å². The molecule has 1 N–H and O–H groups in total. The molecular formula is C16H24F2N2O. The molecule has 0 saturated heterocycles. The third-order valence-corrected chi connectivity index (χ3v) is 4.44. The number of rotatable bonds is 7. The lowest BCUT2D eigenvalue weighted by Crippen LogP contribution is -2.49. The van der Waals surface area contributed by atoms with Crippen molar-refractivity contribution in [2.75, 3.05) is 20.6 Å². The fourth-order valence-corrected chi connectivity index (χ4v) is 3.11. The Balaban J connectivity index is 1.94. The highest BCUT2D eigenvalue weighted by molar-refractivity contribution is 5.33. The molecule has 118 valence electrons. The molecule has 1 fully saturated rings. The fraction of sp³-hybridized carbons (Fsp3) is 0.625. The van der Waals surface area contributed by atoms with Gasteiger partial charge in [0.1, 0.15) is 5.75 Å². The highest BCUT2D eigenvalue weighted by Crippen LogP contribution is 2.33. The van der Waals surface area contributed by atoms with E-state index in [9.17, 15) is 8.78 Å². The molecular weight excluding hydrogens is 274 g/mol. The molecule has 0 spiro atoms. The quantitative estimate of drug-likeness (QED) is 0.836. The van der Waals surface area contributed by atoms with Crippen molar-refractivity contribution in [1.82, 2.24) is 10.2 Å². The summed E-state index contributed by atoms with van der Waals surface area (Å²) >= 11 is 0. The summed E-state index contributed by atoms with van der Waals surface area (Å²) in [6, 6.07) is 6.95. The van der Waals surface area contributed by atoms with E-state index in [1.54, 1.807) is 12.1 Å². The van der Waals surface area contributed by atoms with Gasteiger partial charge in [-0.15, -0.1) is 0 Å². The third-order valence-electron chi connectivity index (χ3n) is 4.44. The smallest absolute Gasteiger partial charge is 0.387 e. The number of nitrogens with zero attached hydrogens (tertiary/aromatic N) is 1. The van der Waals surface area contributed by atoms with Crippen molar-refractivity contribution in [2.24, 2.45) is 0 Å². The Hall–Kier alpha value is -1.20. The predicted octanol–water partition coefficient (Wildman–Crippen LogP) is 3.25. The number of nitrogens with one attached hydrogen (secondary N) is 1. The molecule has 1 aromatic rings. The van der Waals surface area contributed by atoms with Crippen molar-refractivity contribution in [3.8, 4) is 5.75 Å². The monoisotopic (exact) mass is 298 g/mol. The topological polar surface area (TPSA) is 24.5 Å². The molecule has 1 aliphatic carbocycles. The zero-order valence-electron chi connectivity index (χ0n) is 12.7. The molecule has 5 heteroatoms. The number of para-hydroxylation sites is 1. The van der Waals surface area contributed by atoms with Crippen molar-refractivity contribution in [3.63, 3.8) is 0 Å². The molecule has 1 saturated carbocycles. The summed E-state index contributed by atoms with van der Waals surface area (Å²) in [5.74, 6) is 0.255. The molecule has 0 amide bonds. The van der Waals surface area contributed by atoms with E-state index in [-0.39, 0.29) is 11.3 Å². The molecule has 2 rings (SSSR count). The fourth-order valence-electron chi connectivity index (χ4n) is 3.11. The molecule has 0 aromatic heterocycles. The largest absolute Gasteiger partial charge is 0.434 e. The summed E-state index contributed by atoms with van der Waals surface area (Å²) in [6.45, 7) is -1.38. The van der Waals surface area contributed by atoms with Gasteiger partial charge in [-0.2, -0.15) is 8.78 Å². The molecule has 21 heavy (non-hydrogen) atoms. The summed E-state index contributed by atoms with van der Waals surface area (Å²) in [7, 11) is 4.22. The van der Waals surface area contributed by atoms with Crippen LogP contribution in [-0.4, -0.2) is 37.7 Å². The minimum Gasteiger partial charge on any atom is -0.434 e. The molecule has 0 bridgehead atoms. The molecule has 0 heterocycles. The number of halogens is 2. The maximum Gasteiger partial charge on any atom is 0.387 e. The van der Waals surface area contributed by atoms with Gasteiger partial charge in [0.15, 0.2) is 0 Å². The third kappa shape index (κ3) is 4.14. The minimum absolute atomic E-state index is 0.193. The number of benzene rings is 1. The molecule has 0 atom stereocenters. The van der Waals surface area contributed by atoms with E-state index in [2.05, 4.69) is 29.0 Å². The number of hydrogen-bond donors (Lipinski definition) is 1. The van der Waals surface area contributed by atoms with Crippen molar-refractivity contribution >= 4 is 0 Å². The SMILES string of the molecule is CN(C)C1(CNCc2ccccc2OC(F)F)CCCC1. The van der Waals surface area contributed by atoms with Gasteiger partial charge in [-0.1, -0.05) is 31.0 Å². The zero-order chi connectivity index (χ0) is 15.3. The van der Waals surface area contributed by atoms with Crippen LogP contribution < -0.4 is 10.1 Å². The van der Waals surface area contributed by atoms with Gasteiger partial charge >= 0.3 is 6.61 Å². The Kier molecular flexibility index (Phi) is 5.53. The van der Waals surface area contributed by atoms with E-state index in [1.165, 1.54) is 25.7 Å². The van der Waals surface area contributed by atoms with Crippen molar-refractivity contribution in [1.29, 1.82) is 0 Å². The normalized spacial score (nSPS) is 17.6. The Bertz CT molecular complexity index is 446. The Morgan fingerprint density at radius 2 is 1.90 bits per heavy atom. The summed E-state index contributed by atoms with van der Waals surface area (Å²) < 4.78 is 29.3. The second-order valence-electron chi connectivity index (χ2n) is 5.92. The summed E-state index contributed by atoms with van der Waals surface area (Å²) in [5.41, 5.74) is 0.961. The second-order valence-corrected chi connectivity index (χ2v) is 5.92. The van der Waals surface area contributed by atoms with Gasteiger partial charge in [-0.05, 0) is 33.0 Å². The van der Waals surface area contributed by atoms with Crippen LogP contribution in [0.3, 0.4) is 0 Å². The van der Waals surface area contributed by atoms with E-state index in [4.69, 9.17) is 0 Å². The van der Waals surface area contributed by atoms with Gasteiger partial charge in [-0.3, -0.25) is 0 Å². The Labute approximate surface area is 125 Å². The molecule has 0 radical (unpaired) electrons. The number of ether oxygens (including phenoxy) is 1. The van der Waals surface area contributed by atoms with Crippen LogP contribution in [0.2, 0.25) is 0 Å². The maximum atomic E-state index is 12.4. The minimum atomic E-state index is -2.78. The second kappa shape index (κ2) is 7.18. The van der Waals surface area contributed by atoms with Crippen LogP contribution in [-0.2, 0) is 6.54 Å². The van der Waals surface area contributed by atoms with Crippen LogP contribution in [0.5, 0.6) is 5.75 Å². The zero-order valence-corrected chi connectivity index (χ0v) is 12.7. The molecule has 0 unspecified atom stereocenters. The van der Waals surface area contributed by atoms with Gasteiger partial charge in [0.2, 0.25) is 0 Å². The van der Waals surface area contributed by atoms with E-state index < -0.39 is 6.61 Å². The highest BCUT2D eigenvalue weighted by Gasteiger charge is 2.35. The lowest BCUT2D eigenvalue weighted by atomic mass is 9.96. The summed E-state index contributed by atoms with van der Waals surface area (Å²) in [5, 5.41) is 3.41. The highest BCUT2D eigenvalue weighted by atomic mass is 19.3. The first-order chi connectivity index (χ1) is 10.0. The standard InChI is InChI=1S/C16H24F2N2O/c1-20(2)16(9-5-6-10-16)12-19-11-13-7-3-4-8-14(13)21-15(17)18/h3-4,7-8,15,19H,5-6,9-12H2,1-2H3. The van der Waals surface area contributed by atoms with Crippen LogP contribution in [0, 0.1) is 0 Å². The number of hydrogen-bond acceptors (Lipinski definition) is 3. The van der Waals surface area contributed by atoms with Crippen molar-refractivity contribution in [2.45, 2.75) is 44.4 Å². The van der Waals surface area contributed by atoms with E-state index in [0.717, 1.165) is 12.1 Å². The summed E-state index contributed by atoms with van der Waals surface area (Å²) in [4.78, 5) is 2.29. The molecule has 1 aliphatic rings. The number of alkyl halides is 2. The van der Waals surface area contributed by atoms with Crippen LogP contribution >= 0.6 is 0 Å². The summed E-state index contributed by atoms with van der Waals surface area (Å²) in [6.07, 6.45) is 4.88. The molecule has 3 nitrogen and oxygen atoms in total. The average molecular weight is 298 g/mol. The van der Waals surface area contributed by atoms with E-state index >= 15 is 0 Å². The van der Waals surface area contributed by atoms with Gasteiger partial charge in [0.25, 0.3) is 0 Å². The first-order valence-corrected chi connectivity index (χ1v) is 7.44. The molecule has 0 aliphatic heterocycles. The Morgan fingerprint density at radius 3 is 2.52 bits per heavy atom. The van der Waals surface area contributed by atoms with E-state index in [0.29, 0.717) is 6.54 Å². The van der Waals surface area contributed by atoms with Gasteiger partial charge in [0, 0.05) is 24.2 Å². The van der Waals surface area contributed by atoms with Gasteiger partial charge in [-0.25, -0.2) is 0 Å². The Morgan fingerprint density at radius 1 is 1.24 bits per heavy atom. The lowest BCUT2D eigenvalue weighted by Gasteiger charge is -2.36. The van der Waals surface area contributed by atoms with E-state index in [1.807, 2.05) is 12.1 Å². The number of likely N-dealkylation sites (N-methyl/N-ethyl adjacent to an activating group) is 1. The van der Waals surface area contributed by atoms with Gasteiger partial charge in [0.05, 0.1) is 0 Å². The van der Waals surface area contributed by atoms with Crippen LogP contribution in [0.15, 0.2) is 24.3 Å². The van der Waals surface area contributed by atoms with Gasteiger partial charge < -0.3 is 15.0 Å².